The first kappa shape index (κ1) is 25.7. The molecular weight excluding hydrogens is 477 g/mol. The molecule has 1 aliphatic heterocycles. The van der Waals surface area contributed by atoms with Crippen molar-refractivity contribution in [2.45, 2.75) is 52.1 Å². The lowest BCUT2D eigenvalue weighted by molar-refractivity contribution is -0.130. The average molecular weight is 515 g/mol. The predicted octanol–water partition coefficient (Wildman–Crippen LogP) is 3.08. The van der Waals surface area contributed by atoms with Crippen LogP contribution in [0.15, 0.2) is 35.3 Å². The maximum atomic E-state index is 12.3. The summed E-state index contributed by atoms with van der Waals surface area (Å²) in [5, 5.41) is 6.61. The van der Waals surface area contributed by atoms with Gasteiger partial charge in [0.25, 0.3) is 0 Å². The van der Waals surface area contributed by atoms with Crippen molar-refractivity contribution < 1.29 is 4.79 Å². The highest BCUT2D eigenvalue weighted by Crippen LogP contribution is 2.09. The zero-order valence-electron chi connectivity index (χ0n) is 18.2. The number of benzene rings is 1. The minimum absolute atomic E-state index is 0. The van der Waals surface area contributed by atoms with Crippen LogP contribution in [0.3, 0.4) is 0 Å². The van der Waals surface area contributed by atoms with Crippen molar-refractivity contribution in [3.05, 3.63) is 35.9 Å². The summed E-state index contributed by atoms with van der Waals surface area (Å²) in [5.74, 6) is 0.860. The van der Waals surface area contributed by atoms with Crippen LogP contribution in [0.2, 0.25) is 0 Å². The SMILES string of the molecule is CCNC(=NCC(=O)N1CCCCC1)NCCC(C)N(C)Cc1ccccc1.I. The number of guanidine groups is 1. The van der Waals surface area contributed by atoms with Crippen molar-refractivity contribution in [3.63, 3.8) is 0 Å². The number of hydrogen-bond donors (Lipinski definition) is 2. The van der Waals surface area contributed by atoms with E-state index in [1.807, 2.05) is 11.8 Å². The Morgan fingerprint density at radius 3 is 2.52 bits per heavy atom. The van der Waals surface area contributed by atoms with Gasteiger partial charge in [-0.2, -0.15) is 0 Å². The van der Waals surface area contributed by atoms with Gasteiger partial charge in [-0.05, 0) is 52.1 Å². The fraction of sp³-hybridized carbons (Fsp3) is 0.636. The minimum Gasteiger partial charge on any atom is -0.357 e. The summed E-state index contributed by atoms with van der Waals surface area (Å²) >= 11 is 0. The average Bonchev–Trinajstić information content (AvgIpc) is 2.73. The fourth-order valence-corrected chi connectivity index (χ4v) is 3.38. The summed E-state index contributed by atoms with van der Waals surface area (Å²) in [4.78, 5) is 21.1. The number of aliphatic imine (C=N–C) groups is 1. The molecule has 164 valence electrons. The van der Waals surface area contributed by atoms with Crippen molar-refractivity contribution in [2.24, 2.45) is 4.99 Å². The molecule has 1 unspecified atom stereocenters. The molecule has 1 fully saturated rings. The second-order valence-corrected chi connectivity index (χ2v) is 7.60. The molecule has 7 heteroatoms. The molecule has 1 amide bonds. The number of halogens is 1. The topological polar surface area (TPSA) is 60.0 Å². The number of nitrogens with zero attached hydrogens (tertiary/aromatic N) is 3. The maximum absolute atomic E-state index is 12.3. The molecule has 1 aromatic carbocycles. The molecule has 0 bridgehead atoms. The zero-order valence-corrected chi connectivity index (χ0v) is 20.5. The van der Waals surface area contributed by atoms with Crippen molar-refractivity contribution in [3.8, 4) is 0 Å². The predicted molar refractivity (Wildman–Crippen MR) is 132 cm³/mol. The molecule has 0 aliphatic carbocycles. The van der Waals surface area contributed by atoms with E-state index in [2.05, 4.69) is 64.8 Å². The van der Waals surface area contributed by atoms with Gasteiger partial charge in [-0.3, -0.25) is 9.69 Å². The Balaban J connectivity index is 0.00000420. The first-order valence-corrected chi connectivity index (χ1v) is 10.6. The first-order chi connectivity index (χ1) is 13.6. The van der Waals surface area contributed by atoms with Crippen LogP contribution in [-0.2, 0) is 11.3 Å². The number of piperidine rings is 1. The van der Waals surface area contributed by atoms with Gasteiger partial charge in [0, 0.05) is 38.8 Å². The van der Waals surface area contributed by atoms with Gasteiger partial charge < -0.3 is 15.5 Å². The number of carbonyl (C=O) groups is 1. The smallest absolute Gasteiger partial charge is 0.244 e. The van der Waals surface area contributed by atoms with Gasteiger partial charge >= 0.3 is 0 Å². The Bertz CT molecular complexity index is 604. The molecule has 6 nitrogen and oxygen atoms in total. The molecule has 1 heterocycles. The van der Waals surface area contributed by atoms with Crippen LogP contribution in [0.25, 0.3) is 0 Å². The van der Waals surface area contributed by atoms with Gasteiger partial charge in [0.2, 0.25) is 5.91 Å². The molecule has 1 aliphatic rings. The first-order valence-electron chi connectivity index (χ1n) is 10.6. The Morgan fingerprint density at radius 2 is 1.86 bits per heavy atom. The summed E-state index contributed by atoms with van der Waals surface area (Å²) in [5.41, 5.74) is 1.33. The third-order valence-corrected chi connectivity index (χ3v) is 5.31. The largest absolute Gasteiger partial charge is 0.357 e. The second-order valence-electron chi connectivity index (χ2n) is 7.60. The molecule has 0 saturated carbocycles. The fourth-order valence-electron chi connectivity index (χ4n) is 3.38. The van der Waals surface area contributed by atoms with E-state index in [-0.39, 0.29) is 36.4 Å². The van der Waals surface area contributed by atoms with Crippen LogP contribution < -0.4 is 10.6 Å². The quantitative estimate of drug-likeness (QED) is 0.302. The molecule has 2 N–H and O–H groups in total. The summed E-state index contributed by atoms with van der Waals surface area (Å²) in [6.45, 7) is 8.82. The summed E-state index contributed by atoms with van der Waals surface area (Å²) < 4.78 is 0. The molecule has 0 aromatic heterocycles. The number of rotatable bonds is 9. The third kappa shape index (κ3) is 9.80. The van der Waals surface area contributed by atoms with Gasteiger partial charge in [0.15, 0.2) is 5.96 Å². The second kappa shape index (κ2) is 14.6. The maximum Gasteiger partial charge on any atom is 0.244 e. The lowest BCUT2D eigenvalue weighted by Gasteiger charge is -2.26. The van der Waals surface area contributed by atoms with Crippen LogP contribution in [0.4, 0.5) is 0 Å². The van der Waals surface area contributed by atoms with Crippen molar-refractivity contribution in [1.82, 2.24) is 20.4 Å². The third-order valence-electron chi connectivity index (χ3n) is 5.31. The van der Waals surface area contributed by atoms with Crippen LogP contribution in [0.5, 0.6) is 0 Å². The van der Waals surface area contributed by atoms with E-state index in [4.69, 9.17) is 0 Å². The monoisotopic (exact) mass is 515 g/mol. The van der Waals surface area contributed by atoms with Crippen LogP contribution in [0.1, 0.15) is 45.1 Å². The molecule has 1 aromatic rings. The van der Waals surface area contributed by atoms with Gasteiger partial charge in [-0.1, -0.05) is 30.3 Å². The number of nitrogens with one attached hydrogen (secondary N) is 2. The van der Waals surface area contributed by atoms with E-state index in [1.165, 1.54) is 12.0 Å². The van der Waals surface area contributed by atoms with E-state index in [0.29, 0.717) is 6.04 Å². The normalized spacial score (nSPS) is 15.6. The Kier molecular flexibility index (Phi) is 12.9. The highest BCUT2D eigenvalue weighted by atomic mass is 127. The molecular formula is C22H38IN5O. The Morgan fingerprint density at radius 1 is 1.17 bits per heavy atom. The number of carbonyl (C=O) groups excluding carboxylic acids is 1. The van der Waals surface area contributed by atoms with Crippen molar-refractivity contribution in [2.75, 3.05) is 39.8 Å². The van der Waals surface area contributed by atoms with E-state index in [9.17, 15) is 4.79 Å². The molecule has 0 spiro atoms. The van der Waals surface area contributed by atoms with Gasteiger partial charge in [-0.15, -0.1) is 24.0 Å². The summed E-state index contributed by atoms with van der Waals surface area (Å²) in [6.07, 6.45) is 4.46. The number of likely N-dealkylation sites (tertiary alicyclic amines) is 1. The lowest BCUT2D eigenvalue weighted by atomic mass is 10.1. The van der Waals surface area contributed by atoms with E-state index in [0.717, 1.165) is 57.9 Å². The van der Waals surface area contributed by atoms with Crippen LogP contribution in [0, 0.1) is 0 Å². The lowest BCUT2D eigenvalue weighted by Crippen LogP contribution is -2.41. The van der Waals surface area contributed by atoms with E-state index < -0.39 is 0 Å². The molecule has 0 radical (unpaired) electrons. The molecule has 1 atom stereocenters. The summed E-state index contributed by atoms with van der Waals surface area (Å²) in [7, 11) is 2.16. The number of amides is 1. The van der Waals surface area contributed by atoms with Crippen LogP contribution >= 0.6 is 24.0 Å². The van der Waals surface area contributed by atoms with Gasteiger partial charge in [0.05, 0.1) is 0 Å². The van der Waals surface area contributed by atoms with Gasteiger partial charge in [-0.25, -0.2) is 4.99 Å². The van der Waals surface area contributed by atoms with Crippen LogP contribution in [-0.4, -0.2) is 67.5 Å². The molecule has 29 heavy (non-hydrogen) atoms. The minimum atomic E-state index is 0. The zero-order chi connectivity index (χ0) is 20.2. The van der Waals surface area contributed by atoms with Crippen molar-refractivity contribution >= 4 is 35.8 Å². The van der Waals surface area contributed by atoms with Crippen molar-refractivity contribution in [1.29, 1.82) is 0 Å². The Hall–Kier alpha value is -1.35. The van der Waals surface area contributed by atoms with E-state index >= 15 is 0 Å². The molecule has 2 rings (SSSR count). The molecule has 1 saturated heterocycles. The highest BCUT2D eigenvalue weighted by Gasteiger charge is 2.16. The van der Waals surface area contributed by atoms with E-state index in [1.54, 1.807) is 0 Å². The van der Waals surface area contributed by atoms with Gasteiger partial charge in [0.1, 0.15) is 6.54 Å². The standard InChI is InChI=1S/C22H37N5O.HI/c1-4-23-22(25-17-21(28)27-15-9-6-10-16-27)24-14-13-19(2)26(3)18-20-11-7-5-8-12-20;/h5,7-8,11-12,19H,4,6,9-10,13-18H2,1-3H3,(H2,23,24,25);1H. The Labute approximate surface area is 193 Å². The highest BCUT2D eigenvalue weighted by molar-refractivity contribution is 14.0. The number of hydrogen-bond acceptors (Lipinski definition) is 3. The summed E-state index contributed by atoms with van der Waals surface area (Å²) in [6, 6.07) is 11.0.